The summed E-state index contributed by atoms with van der Waals surface area (Å²) in [6.45, 7) is 1.27. The highest BCUT2D eigenvalue weighted by molar-refractivity contribution is 5.92. The van der Waals surface area contributed by atoms with Crippen molar-refractivity contribution in [3.63, 3.8) is 0 Å². The number of aryl methyl sites for hydroxylation is 1. The lowest BCUT2D eigenvalue weighted by Crippen LogP contribution is -2.31. The largest absolute Gasteiger partial charge is 0.457 e. The number of anilines is 2. The zero-order valence-electron chi connectivity index (χ0n) is 18.7. The van der Waals surface area contributed by atoms with Crippen molar-refractivity contribution in [2.75, 3.05) is 32.5 Å². The summed E-state index contributed by atoms with van der Waals surface area (Å²) in [5.41, 5.74) is 2.66. The summed E-state index contributed by atoms with van der Waals surface area (Å²) in [4.78, 5) is 23.1. The van der Waals surface area contributed by atoms with E-state index in [1.807, 2.05) is 48.8 Å². The maximum absolute atomic E-state index is 13.2. The molecular formula is C24H25FN6O2. The number of nitrogens with zero attached hydrogens (tertiary/aromatic N) is 4. The second-order valence-electron chi connectivity index (χ2n) is 7.81. The van der Waals surface area contributed by atoms with Gasteiger partial charge in [-0.3, -0.25) is 9.78 Å². The maximum atomic E-state index is 13.2. The molecule has 0 aliphatic heterocycles. The molecule has 0 aliphatic rings. The SMILES string of the molecule is CN(C)CCNC(=O)c1cc(Oc2ccc3c(c2)nc(Nc2ccc(F)cc2)n3C)ccn1. The predicted molar refractivity (Wildman–Crippen MR) is 126 cm³/mol. The lowest BCUT2D eigenvalue weighted by molar-refractivity contribution is 0.0945. The van der Waals surface area contributed by atoms with Crippen LogP contribution in [0.4, 0.5) is 16.0 Å². The van der Waals surface area contributed by atoms with Crippen LogP contribution in [0.1, 0.15) is 10.5 Å². The van der Waals surface area contributed by atoms with Crippen molar-refractivity contribution in [3.8, 4) is 11.5 Å². The number of hydrogen-bond donors (Lipinski definition) is 2. The van der Waals surface area contributed by atoms with Gasteiger partial charge in [0.2, 0.25) is 5.95 Å². The number of fused-ring (bicyclic) bond motifs is 1. The number of imidazole rings is 1. The Morgan fingerprint density at radius 1 is 1.09 bits per heavy atom. The molecule has 2 heterocycles. The number of pyridine rings is 1. The van der Waals surface area contributed by atoms with Gasteiger partial charge in [-0.25, -0.2) is 9.37 Å². The average Bonchev–Trinajstić information content (AvgIpc) is 3.09. The molecule has 2 N–H and O–H groups in total. The Hall–Kier alpha value is -3.98. The molecule has 0 fully saturated rings. The topological polar surface area (TPSA) is 84.3 Å². The van der Waals surface area contributed by atoms with Gasteiger partial charge in [0, 0.05) is 44.2 Å². The van der Waals surface area contributed by atoms with E-state index in [9.17, 15) is 9.18 Å². The van der Waals surface area contributed by atoms with Crippen LogP contribution in [0.3, 0.4) is 0 Å². The van der Waals surface area contributed by atoms with Crippen LogP contribution in [0.2, 0.25) is 0 Å². The van der Waals surface area contributed by atoms with Gasteiger partial charge in [-0.15, -0.1) is 0 Å². The number of ether oxygens (including phenoxy) is 1. The Balaban J connectivity index is 1.49. The van der Waals surface area contributed by atoms with Gasteiger partial charge in [0.25, 0.3) is 5.91 Å². The molecule has 4 aromatic rings. The van der Waals surface area contributed by atoms with E-state index in [0.717, 1.165) is 23.3 Å². The molecule has 0 saturated carbocycles. The van der Waals surface area contributed by atoms with E-state index in [-0.39, 0.29) is 17.4 Å². The molecule has 0 saturated heterocycles. The van der Waals surface area contributed by atoms with Crippen molar-refractivity contribution in [3.05, 3.63) is 72.3 Å². The van der Waals surface area contributed by atoms with Crippen LogP contribution in [-0.2, 0) is 7.05 Å². The van der Waals surface area contributed by atoms with Crippen molar-refractivity contribution < 1.29 is 13.9 Å². The van der Waals surface area contributed by atoms with E-state index in [1.165, 1.54) is 12.1 Å². The fraction of sp³-hybridized carbons (Fsp3) is 0.208. The molecule has 8 nitrogen and oxygen atoms in total. The highest BCUT2D eigenvalue weighted by Crippen LogP contribution is 2.28. The van der Waals surface area contributed by atoms with Gasteiger partial charge in [-0.2, -0.15) is 0 Å². The van der Waals surface area contributed by atoms with E-state index in [1.54, 1.807) is 30.5 Å². The number of amides is 1. The molecule has 1 amide bonds. The first-order valence-electron chi connectivity index (χ1n) is 10.4. The van der Waals surface area contributed by atoms with Gasteiger partial charge < -0.3 is 24.8 Å². The molecule has 2 aromatic heterocycles. The average molecular weight is 449 g/mol. The van der Waals surface area contributed by atoms with E-state index in [0.29, 0.717) is 24.0 Å². The van der Waals surface area contributed by atoms with Crippen LogP contribution in [0, 0.1) is 5.82 Å². The standard InChI is InChI=1S/C24H25FN6O2/c1-30(2)13-12-27-23(32)21-15-19(10-11-26-21)33-18-8-9-22-20(14-18)29-24(31(22)3)28-17-6-4-16(25)5-7-17/h4-11,14-15H,12-13H2,1-3H3,(H,27,32)(H,28,29). The second-order valence-corrected chi connectivity index (χ2v) is 7.81. The zero-order chi connectivity index (χ0) is 23.4. The molecule has 0 aliphatic carbocycles. The summed E-state index contributed by atoms with van der Waals surface area (Å²) in [7, 11) is 5.78. The number of halogens is 1. The number of nitrogens with one attached hydrogen (secondary N) is 2. The number of aromatic nitrogens is 3. The predicted octanol–water partition coefficient (Wildman–Crippen LogP) is 3.93. The quantitative estimate of drug-likeness (QED) is 0.425. The van der Waals surface area contributed by atoms with Gasteiger partial charge in [-0.1, -0.05) is 0 Å². The van der Waals surface area contributed by atoms with Gasteiger partial charge in [-0.05, 0) is 56.6 Å². The van der Waals surface area contributed by atoms with Crippen LogP contribution in [0.5, 0.6) is 11.5 Å². The molecule has 0 spiro atoms. The van der Waals surface area contributed by atoms with Crippen molar-refractivity contribution >= 4 is 28.6 Å². The third kappa shape index (κ3) is 5.45. The van der Waals surface area contributed by atoms with Crippen molar-refractivity contribution in [1.82, 2.24) is 24.8 Å². The summed E-state index contributed by atoms with van der Waals surface area (Å²) in [6.07, 6.45) is 1.54. The molecule has 170 valence electrons. The van der Waals surface area contributed by atoms with Gasteiger partial charge in [0.1, 0.15) is 23.0 Å². The number of benzene rings is 2. The monoisotopic (exact) mass is 448 g/mol. The summed E-state index contributed by atoms with van der Waals surface area (Å²) >= 11 is 0. The van der Waals surface area contributed by atoms with Crippen LogP contribution >= 0.6 is 0 Å². The summed E-state index contributed by atoms with van der Waals surface area (Å²) in [5, 5.41) is 6.03. The normalized spacial score (nSPS) is 11.1. The molecule has 0 radical (unpaired) electrons. The first-order chi connectivity index (χ1) is 15.9. The van der Waals surface area contributed by atoms with Crippen molar-refractivity contribution in [2.24, 2.45) is 7.05 Å². The summed E-state index contributed by atoms with van der Waals surface area (Å²) in [6, 6.07) is 15.0. The first-order valence-corrected chi connectivity index (χ1v) is 10.4. The molecule has 9 heteroatoms. The smallest absolute Gasteiger partial charge is 0.270 e. The van der Waals surface area contributed by atoms with Crippen molar-refractivity contribution in [1.29, 1.82) is 0 Å². The van der Waals surface area contributed by atoms with E-state index in [4.69, 9.17) is 4.74 Å². The summed E-state index contributed by atoms with van der Waals surface area (Å²) in [5.74, 6) is 1.16. The number of hydrogen-bond acceptors (Lipinski definition) is 6. The summed E-state index contributed by atoms with van der Waals surface area (Å²) < 4.78 is 21.0. The molecule has 0 atom stereocenters. The number of carbonyl (C=O) groups is 1. The Kier molecular flexibility index (Phi) is 6.50. The lowest BCUT2D eigenvalue weighted by Gasteiger charge is -2.11. The Morgan fingerprint density at radius 3 is 2.61 bits per heavy atom. The van der Waals surface area contributed by atoms with Crippen LogP contribution in [-0.4, -0.2) is 52.5 Å². The second kappa shape index (κ2) is 9.66. The minimum atomic E-state index is -0.294. The highest BCUT2D eigenvalue weighted by atomic mass is 19.1. The first kappa shape index (κ1) is 22.2. The molecule has 4 rings (SSSR count). The number of likely N-dealkylation sites (N-methyl/N-ethyl adjacent to an activating group) is 1. The Bertz CT molecular complexity index is 1270. The lowest BCUT2D eigenvalue weighted by atomic mass is 10.3. The fourth-order valence-electron chi connectivity index (χ4n) is 3.24. The van der Waals surface area contributed by atoms with Crippen molar-refractivity contribution in [2.45, 2.75) is 0 Å². The molecular weight excluding hydrogens is 423 g/mol. The fourth-order valence-corrected chi connectivity index (χ4v) is 3.24. The van der Waals surface area contributed by atoms with E-state index < -0.39 is 0 Å². The maximum Gasteiger partial charge on any atom is 0.270 e. The van der Waals surface area contributed by atoms with Gasteiger partial charge in [0.15, 0.2) is 0 Å². The number of carbonyl (C=O) groups excluding carboxylic acids is 1. The zero-order valence-corrected chi connectivity index (χ0v) is 18.7. The minimum Gasteiger partial charge on any atom is -0.457 e. The molecule has 0 bridgehead atoms. The molecule has 2 aromatic carbocycles. The van der Waals surface area contributed by atoms with E-state index >= 15 is 0 Å². The minimum absolute atomic E-state index is 0.251. The number of rotatable bonds is 8. The van der Waals surface area contributed by atoms with E-state index in [2.05, 4.69) is 20.6 Å². The van der Waals surface area contributed by atoms with Gasteiger partial charge >= 0.3 is 0 Å². The third-order valence-electron chi connectivity index (χ3n) is 5.00. The van der Waals surface area contributed by atoms with Crippen LogP contribution in [0.25, 0.3) is 11.0 Å². The van der Waals surface area contributed by atoms with Crippen LogP contribution < -0.4 is 15.4 Å². The highest BCUT2D eigenvalue weighted by Gasteiger charge is 2.12. The van der Waals surface area contributed by atoms with Crippen LogP contribution in [0.15, 0.2) is 60.8 Å². The third-order valence-corrected chi connectivity index (χ3v) is 5.00. The Labute approximate surface area is 191 Å². The molecule has 0 unspecified atom stereocenters. The molecule has 33 heavy (non-hydrogen) atoms. The van der Waals surface area contributed by atoms with Gasteiger partial charge in [0.05, 0.1) is 11.0 Å². The Morgan fingerprint density at radius 2 is 1.85 bits per heavy atom.